The first kappa shape index (κ1) is 21.4. The minimum absolute atomic E-state index is 0.159. The lowest BCUT2D eigenvalue weighted by molar-refractivity contribution is -0.126. The number of nitrogens with zero attached hydrogens (tertiary/aromatic N) is 2. The number of hydrogen-bond acceptors (Lipinski definition) is 5. The number of imide groups is 1. The number of carbonyl (C=O) groups excluding carboxylic acids is 3. The van der Waals surface area contributed by atoms with Gasteiger partial charge in [0, 0.05) is 19.6 Å². The number of piperidine rings is 1. The summed E-state index contributed by atoms with van der Waals surface area (Å²) in [4.78, 5) is 39.5. The minimum Gasteiger partial charge on any atom is -0.354 e. The molecule has 2 aliphatic rings. The van der Waals surface area contributed by atoms with Gasteiger partial charge in [-0.15, -0.1) is 0 Å². The van der Waals surface area contributed by atoms with Gasteiger partial charge in [-0.1, -0.05) is 26.0 Å². The van der Waals surface area contributed by atoms with Gasteiger partial charge < -0.3 is 5.32 Å². The van der Waals surface area contributed by atoms with Crippen molar-refractivity contribution >= 4 is 27.7 Å². The third-order valence-corrected chi connectivity index (χ3v) is 6.91. The maximum absolute atomic E-state index is 12.9. The fourth-order valence-electron chi connectivity index (χ4n) is 3.97. The van der Waals surface area contributed by atoms with E-state index in [0.29, 0.717) is 43.6 Å². The molecule has 3 rings (SSSR count). The van der Waals surface area contributed by atoms with Crippen LogP contribution < -0.4 is 5.32 Å². The summed E-state index contributed by atoms with van der Waals surface area (Å²) in [5, 5.41) is 2.88. The summed E-state index contributed by atoms with van der Waals surface area (Å²) in [6, 6.07) is 5.70. The Morgan fingerprint density at radius 2 is 1.62 bits per heavy atom. The quantitative estimate of drug-likeness (QED) is 0.693. The molecule has 1 aromatic rings. The first-order valence-corrected chi connectivity index (χ1v) is 11.7. The van der Waals surface area contributed by atoms with Crippen molar-refractivity contribution in [3.8, 4) is 0 Å². The number of rotatable bonds is 6. The normalized spacial score (nSPS) is 19.5. The van der Waals surface area contributed by atoms with Crippen LogP contribution in [0.3, 0.4) is 0 Å². The van der Waals surface area contributed by atoms with Crippen molar-refractivity contribution in [1.29, 1.82) is 0 Å². The van der Waals surface area contributed by atoms with E-state index < -0.39 is 27.9 Å². The molecule has 0 spiro atoms. The number of hydrogen-bond donors (Lipinski definition) is 1. The number of carbonyl (C=O) groups is 3. The molecular weight excluding hydrogens is 394 g/mol. The second-order valence-electron chi connectivity index (χ2n) is 8.07. The second kappa shape index (κ2) is 8.23. The van der Waals surface area contributed by atoms with Gasteiger partial charge in [0.15, 0.2) is 0 Å². The maximum atomic E-state index is 12.9. The molecule has 1 unspecified atom stereocenters. The van der Waals surface area contributed by atoms with Gasteiger partial charge in [0.05, 0.1) is 17.4 Å². The lowest BCUT2D eigenvalue weighted by Crippen LogP contribution is -2.53. The van der Waals surface area contributed by atoms with E-state index in [2.05, 4.69) is 5.32 Å². The molecule has 9 heteroatoms. The number of nitrogens with one attached hydrogen (secondary N) is 1. The van der Waals surface area contributed by atoms with Crippen molar-refractivity contribution in [2.75, 3.05) is 25.9 Å². The van der Waals surface area contributed by atoms with Crippen LogP contribution in [0.2, 0.25) is 0 Å². The van der Waals surface area contributed by atoms with Crippen molar-refractivity contribution in [3.05, 3.63) is 35.4 Å². The molecule has 1 aromatic carbocycles. The first-order chi connectivity index (χ1) is 13.6. The van der Waals surface area contributed by atoms with E-state index in [9.17, 15) is 22.8 Å². The Bertz CT molecular complexity index is 885. The van der Waals surface area contributed by atoms with Gasteiger partial charge >= 0.3 is 0 Å². The molecule has 2 heterocycles. The molecule has 1 fully saturated rings. The fraction of sp³-hybridized carbons (Fsp3) is 0.550. The average molecular weight is 422 g/mol. The van der Waals surface area contributed by atoms with Crippen LogP contribution in [-0.2, 0) is 14.8 Å². The van der Waals surface area contributed by atoms with Crippen LogP contribution in [0.4, 0.5) is 0 Å². The number of benzene rings is 1. The van der Waals surface area contributed by atoms with Gasteiger partial charge in [-0.25, -0.2) is 12.7 Å². The summed E-state index contributed by atoms with van der Waals surface area (Å²) >= 11 is 0. The SMILES string of the molecule is CC(C)C(C(=O)NCC1CCN(S(C)(=O)=O)CC1)N1C(=O)c2ccccc2C1=O. The van der Waals surface area contributed by atoms with E-state index in [1.165, 1.54) is 10.6 Å². The van der Waals surface area contributed by atoms with Crippen LogP contribution >= 0.6 is 0 Å². The van der Waals surface area contributed by atoms with E-state index in [0.717, 1.165) is 4.90 Å². The zero-order chi connectivity index (χ0) is 21.3. The molecule has 0 aliphatic carbocycles. The Labute approximate surface area is 171 Å². The number of sulfonamides is 1. The van der Waals surface area contributed by atoms with Gasteiger partial charge in [0.25, 0.3) is 11.8 Å². The Hall–Kier alpha value is -2.26. The van der Waals surface area contributed by atoms with Crippen LogP contribution in [0.1, 0.15) is 47.4 Å². The predicted octanol–water partition coefficient (Wildman–Crippen LogP) is 1.10. The minimum atomic E-state index is -3.19. The van der Waals surface area contributed by atoms with Crippen molar-refractivity contribution in [2.24, 2.45) is 11.8 Å². The van der Waals surface area contributed by atoms with Crippen molar-refractivity contribution < 1.29 is 22.8 Å². The highest BCUT2D eigenvalue weighted by Gasteiger charge is 2.43. The first-order valence-electron chi connectivity index (χ1n) is 9.81. The molecular formula is C20H27N3O5S. The van der Waals surface area contributed by atoms with E-state index in [-0.39, 0.29) is 17.7 Å². The molecule has 1 N–H and O–H groups in total. The van der Waals surface area contributed by atoms with E-state index in [4.69, 9.17) is 0 Å². The molecule has 158 valence electrons. The summed E-state index contributed by atoms with van der Waals surface area (Å²) in [7, 11) is -3.19. The largest absolute Gasteiger partial charge is 0.354 e. The van der Waals surface area contributed by atoms with E-state index >= 15 is 0 Å². The number of amides is 3. The molecule has 1 atom stereocenters. The molecule has 2 aliphatic heterocycles. The summed E-state index contributed by atoms with van der Waals surface area (Å²) in [5.74, 6) is -1.34. The molecule has 0 aromatic heterocycles. The van der Waals surface area contributed by atoms with Gasteiger partial charge in [0.1, 0.15) is 6.04 Å². The van der Waals surface area contributed by atoms with Crippen LogP contribution in [0.15, 0.2) is 24.3 Å². The monoisotopic (exact) mass is 421 g/mol. The van der Waals surface area contributed by atoms with Crippen LogP contribution in [-0.4, -0.2) is 67.3 Å². The predicted molar refractivity (Wildman–Crippen MR) is 108 cm³/mol. The molecule has 3 amide bonds. The molecule has 1 saturated heterocycles. The fourth-order valence-corrected chi connectivity index (χ4v) is 4.85. The summed E-state index contributed by atoms with van der Waals surface area (Å²) in [6.07, 6.45) is 2.52. The summed E-state index contributed by atoms with van der Waals surface area (Å²) in [6.45, 7) is 4.87. The highest BCUT2D eigenvalue weighted by atomic mass is 32.2. The van der Waals surface area contributed by atoms with Gasteiger partial charge in [-0.3, -0.25) is 19.3 Å². The summed E-state index contributed by atoms with van der Waals surface area (Å²) in [5.41, 5.74) is 0.646. The van der Waals surface area contributed by atoms with Crippen LogP contribution in [0.5, 0.6) is 0 Å². The second-order valence-corrected chi connectivity index (χ2v) is 10.0. The van der Waals surface area contributed by atoms with Gasteiger partial charge in [0.2, 0.25) is 15.9 Å². The van der Waals surface area contributed by atoms with Gasteiger partial charge in [-0.2, -0.15) is 0 Å². The summed E-state index contributed by atoms with van der Waals surface area (Å²) < 4.78 is 24.7. The third kappa shape index (κ3) is 4.35. The molecule has 0 bridgehead atoms. The molecule has 0 radical (unpaired) electrons. The van der Waals surface area contributed by atoms with E-state index in [1.807, 2.05) is 0 Å². The van der Waals surface area contributed by atoms with E-state index in [1.54, 1.807) is 38.1 Å². The standard InChI is InChI=1S/C20H27N3O5S/c1-13(2)17(23-19(25)15-6-4-5-7-16(15)20(23)26)18(24)21-12-14-8-10-22(11-9-14)29(3,27)28/h4-7,13-14,17H,8-12H2,1-3H3,(H,21,24). The molecule has 8 nitrogen and oxygen atoms in total. The topological polar surface area (TPSA) is 104 Å². The van der Waals surface area contributed by atoms with Crippen LogP contribution in [0.25, 0.3) is 0 Å². The average Bonchev–Trinajstić information content (AvgIpc) is 2.91. The van der Waals surface area contributed by atoms with Gasteiger partial charge in [-0.05, 0) is 36.8 Å². The third-order valence-electron chi connectivity index (χ3n) is 5.61. The maximum Gasteiger partial charge on any atom is 0.262 e. The Morgan fingerprint density at radius 3 is 2.07 bits per heavy atom. The lowest BCUT2D eigenvalue weighted by Gasteiger charge is -2.32. The lowest BCUT2D eigenvalue weighted by atomic mass is 9.97. The van der Waals surface area contributed by atoms with Crippen molar-refractivity contribution in [2.45, 2.75) is 32.7 Å². The number of fused-ring (bicyclic) bond motifs is 1. The highest BCUT2D eigenvalue weighted by molar-refractivity contribution is 7.88. The van der Waals surface area contributed by atoms with Crippen LogP contribution in [0, 0.1) is 11.8 Å². The molecule has 29 heavy (non-hydrogen) atoms. The Kier molecular flexibility index (Phi) is 6.09. The van der Waals surface area contributed by atoms with Crippen molar-refractivity contribution in [3.63, 3.8) is 0 Å². The van der Waals surface area contributed by atoms with Crippen molar-refractivity contribution in [1.82, 2.24) is 14.5 Å². The zero-order valence-electron chi connectivity index (χ0n) is 16.9. The Morgan fingerprint density at radius 1 is 1.10 bits per heavy atom. The Balaban J connectivity index is 1.65. The molecule has 0 saturated carbocycles. The zero-order valence-corrected chi connectivity index (χ0v) is 17.7. The smallest absolute Gasteiger partial charge is 0.262 e. The highest BCUT2D eigenvalue weighted by Crippen LogP contribution is 2.27.